The fourth-order valence-corrected chi connectivity index (χ4v) is 17.3. The zero-order valence-electron chi connectivity index (χ0n) is 53.8. The number of halogens is 2. The lowest BCUT2D eigenvalue weighted by atomic mass is 9.88. The van der Waals surface area contributed by atoms with E-state index in [1.807, 2.05) is 23.6 Å². The molecule has 10 heteroatoms. The molecule has 0 aliphatic heterocycles. The summed E-state index contributed by atoms with van der Waals surface area (Å²) < 4.78 is 33.6. The molecular formula is C74H112F2N2O2S4. The lowest BCUT2D eigenvalue weighted by Crippen LogP contribution is -2.24. The summed E-state index contributed by atoms with van der Waals surface area (Å²) in [6.45, 7) is 16.0. The van der Waals surface area contributed by atoms with E-state index >= 15 is 13.6 Å². The Morgan fingerprint density at radius 1 is 0.417 bits per heavy atom. The number of nitrogens with zero attached hydrogens (tertiary/aromatic N) is 1. The van der Waals surface area contributed by atoms with Crippen LogP contribution in [0.15, 0.2) is 46.0 Å². The molecule has 84 heavy (non-hydrogen) atoms. The number of pyridine rings is 2. The first-order valence-electron chi connectivity index (χ1n) is 34.6. The van der Waals surface area contributed by atoms with Crippen molar-refractivity contribution in [1.29, 1.82) is 0 Å². The number of unbranched alkanes of at least 4 members (excludes halogenated alkanes) is 29. The van der Waals surface area contributed by atoms with Gasteiger partial charge in [-0.05, 0) is 92.5 Å². The van der Waals surface area contributed by atoms with Crippen LogP contribution >= 0.6 is 45.3 Å². The van der Waals surface area contributed by atoms with Gasteiger partial charge in [0.2, 0.25) is 0 Å². The Bertz CT molecular complexity index is 2900. The summed E-state index contributed by atoms with van der Waals surface area (Å²) in [6, 6.07) is 11.6. The van der Waals surface area contributed by atoms with E-state index in [1.54, 1.807) is 28.7 Å². The van der Waals surface area contributed by atoms with E-state index in [9.17, 15) is 4.79 Å². The van der Waals surface area contributed by atoms with Gasteiger partial charge in [-0.25, -0.2) is 8.78 Å². The first-order valence-corrected chi connectivity index (χ1v) is 37.9. The van der Waals surface area contributed by atoms with Gasteiger partial charge < -0.3 is 9.55 Å². The number of aromatic amines is 1. The van der Waals surface area contributed by atoms with Crippen LogP contribution in [0.4, 0.5) is 8.78 Å². The molecule has 0 radical (unpaired) electrons. The zero-order valence-corrected chi connectivity index (χ0v) is 57.0. The smallest absolute Gasteiger partial charge is 0.259 e. The van der Waals surface area contributed by atoms with Crippen molar-refractivity contribution in [2.24, 2.45) is 11.8 Å². The molecule has 0 fully saturated rings. The summed E-state index contributed by atoms with van der Waals surface area (Å²) in [5.41, 5.74) is 4.99. The first kappa shape index (κ1) is 69.9. The van der Waals surface area contributed by atoms with E-state index in [1.165, 1.54) is 251 Å². The Kier molecular flexibility index (Phi) is 33.0. The third-order valence-electron chi connectivity index (χ3n) is 18.0. The van der Waals surface area contributed by atoms with E-state index in [0.29, 0.717) is 44.8 Å². The molecule has 0 amide bonds. The van der Waals surface area contributed by atoms with Gasteiger partial charge in [0, 0.05) is 35.8 Å². The molecule has 6 aromatic rings. The molecule has 4 nitrogen and oxygen atoms in total. The highest BCUT2D eigenvalue weighted by Gasteiger charge is 2.25. The molecule has 0 saturated carbocycles. The quantitative estimate of drug-likeness (QED) is 0.0387. The van der Waals surface area contributed by atoms with Gasteiger partial charge >= 0.3 is 0 Å². The van der Waals surface area contributed by atoms with E-state index < -0.39 is 5.82 Å². The average molecular weight is 1230 g/mol. The van der Waals surface area contributed by atoms with Crippen molar-refractivity contribution in [1.82, 2.24) is 9.55 Å². The zero-order chi connectivity index (χ0) is 59.9. The summed E-state index contributed by atoms with van der Waals surface area (Å²) >= 11 is 5.92. The van der Waals surface area contributed by atoms with Crippen molar-refractivity contribution < 1.29 is 8.78 Å². The maximum atomic E-state index is 16.3. The third-order valence-corrected chi connectivity index (χ3v) is 22.8. The summed E-state index contributed by atoms with van der Waals surface area (Å²) in [5.74, 6) is 0.311. The van der Waals surface area contributed by atoms with Gasteiger partial charge in [0.25, 0.3) is 11.1 Å². The normalized spacial score (nSPS) is 12.6. The fourth-order valence-electron chi connectivity index (χ4n) is 12.9. The van der Waals surface area contributed by atoms with Gasteiger partial charge in [-0.3, -0.25) is 9.59 Å². The molecule has 0 spiro atoms. The fraction of sp³-hybridized carbons (Fsp3) is 0.676. The van der Waals surface area contributed by atoms with Crippen LogP contribution in [0.25, 0.3) is 51.4 Å². The molecule has 2 unspecified atom stereocenters. The monoisotopic (exact) mass is 1230 g/mol. The predicted octanol–water partition coefficient (Wildman–Crippen LogP) is 25.7. The average Bonchev–Trinajstić information content (AvgIpc) is 2.78. The van der Waals surface area contributed by atoms with E-state index in [-0.39, 0.29) is 16.9 Å². The molecule has 0 bridgehead atoms. The van der Waals surface area contributed by atoms with Crippen LogP contribution in [0.3, 0.4) is 0 Å². The molecule has 1 N–H and O–H groups in total. The predicted molar refractivity (Wildman–Crippen MR) is 370 cm³/mol. The second-order valence-electron chi connectivity index (χ2n) is 25.4. The van der Waals surface area contributed by atoms with Crippen LogP contribution < -0.4 is 11.1 Å². The second-order valence-corrected chi connectivity index (χ2v) is 30.0. The highest BCUT2D eigenvalue weighted by molar-refractivity contribution is 7.27. The molecule has 0 aromatic carbocycles. The lowest BCUT2D eigenvalue weighted by Gasteiger charge is -2.17. The van der Waals surface area contributed by atoms with Crippen molar-refractivity contribution in [3.05, 3.63) is 89.6 Å². The minimum Gasteiger partial charge on any atom is -0.320 e. The van der Waals surface area contributed by atoms with Gasteiger partial charge in [-0.1, -0.05) is 272 Å². The Balaban J connectivity index is 1.36. The second kappa shape index (κ2) is 39.7. The van der Waals surface area contributed by atoms with Crippen LogP contribution in [-0.2, 0) is 19.4 Å². The van der Waals surface area contributed by atoms with Gasteiger partial charge in [0.05, 0.1) is 31.9 Å². The maximum absolute atomic E-state index is 16.3. The standard InChI is InChI=1S/C74H112F2N2O2S4/c1-8-13-18-23-28-30-34-39-43-57(42-37-32-25-20-15-10-3)48-59-50-67(82-56(59)7)61-53-66-65(77-73(61)79)52-62(74(80)78(66)46-41-36-27-22-17-12-5)68-51-60(70(83-68)69-54-64(76)72(84-69)71-63(75)47-55(6)81-71)49-58(44-38-33-26-21-16-11-4)45-40-35-31-29-24-19-14-9-2/h47,50-54,57-58H,8-46,48-49H2,1-7H3,(H,77,79). The third kappa shape index (κ3) is 22.8. The van der Waals surface area contributed by atoms with Crippen LogP contribution in [0.5, 0.6) is 0 Å². The number of nitrogens with one attached hydrogen (secondary N) is 1. The van der Waals surface area contributed by atoms with Crippen LogP contribution in [0.2, 0.25) is 0 Å². The highest BCUT2D eigenvalue weighted by atomic mass is 32.1. The van der Waals surface area contributed by atoms with Crippen molar-refractivity contribution in [3.63, 3.8) is 0 Å². The van der Waals surface area contributed by atoms with E-state index in [2.05, 4.69) is 58.7 Å². The Morgan fingerprint density at radius 2 is 0.821 bits per heavy atom. The molecule has 6 aromatic heterocycles. The van der Waals surface area contributed by atoms with Gasteiger partial charge in [-0.2, -0.15) is 0 Å². The summed E-state index contributed by atoms with van der Waals surface area (Å²) in [5, 5.41) is 0. The number of aryl methyl sites for hydroxylation is 3. The Labute approximate surface area is 524 Å². The summed E-state index contributed by atoms with van der Waals surface area (Å²) in [7, 11) is 0. The molecule has 2 atom stereocenters. The molecule has 0 saturated heterocycles. The molecule has 6 heterocycles. The molecule has 0 aliphatic carbocycles. The topological polar surface area (TPSA) is 54.9 Å². The van der Waals surface area contributed by atoms with Crippen molar-refractivity contribution in [3.8, 4) is 40.4 Å². The van der Waals surface area contributed by atoms with Gasteiger partial charge in [-0.15, -0.1) is 45.3 Å². The molecule has 468 valence electrons. The SMILES string of the molecule is CCCCCCCCCCC(CCCCCCCC)Cc1cc(-c2cc3c(cc(-c4cc(CC(CCCCCCCC)CCCCCCCCCC)c(-c5cc(F)c(-c6sc(C)cc6F)s5)s4)c(=O)n3CCCCCCCC)[nH]c2=O)sc1C. The number of H-pyrrole nitrogens is 1. The minimum atomic E-state index is -0.403. The lowest BCUT2D eigenvalue weighted by molar-refractivity contribution is 0.400. The Morgan fingerprint density at radius 3 is 1.30 bits per heavy atom. The molecular weight excluding hydrogens is 1120 g/mol. The number of aromatic nitrogens is 2. The maximum Gasteiger partial charge on any atom is 0.259 e. The number of hydrogen-bond acceptors (Lipinski definition) is 6. The van der Waals surface area contributed by atoms with Gasteiger partial charge in [0.1, 0.15) is 11.6 Å². The van der Waals surface area contributed by atoms with Crippen molar-refractivity contribution in [2.75, 3.05) is 0 Å². The number of fused-ring (bicyclic) bond motifs is 1. The van der Waals surface area contributed by atoms with Crippen LogP contribution in [-0.4, -0.2) is 9.55 Å². The minimum absolute atomic E-state index is 0.0494. The largest absolute Gasteiger partial charge is 0.320 e. The van der Waals surface area contributed by atoms with Crippen molar-refractivity contribution in [2.45, 2.75) is 312 Å². The van der Waals surface area contributed by atoms with E-state index in [4.69, 9.17) is 0 Å². The molecule has 0 aliphatic rings. The molecule has 6 rings (SSSR count). The van der Waals surface area contributed by atoms with Crippen LogP contribution in [0, 0.1) is 37.3 Å². The van der Waals surface area contributed by atoms with Crippen molar-refractivity contribution >= 4 is 56.4 Å². The number of rotatable bonds is 47. The van der Waals surface area contributed by atoms with Gasteiger partial charge in [0.15, 0.2) is 0 Å². The summed E-state index contributed by atoms with van der Waals surface area (Å²) in [6.07, 6.45) is 49.7. The van der Waals surface area contributed by atoms with E-state index in [0.717, 1.165) is 80.4 Å². The number of thiophene rings is 4. The first-order chi connectivity index (χ1) is 41.0. The summed E-state index contributed by atoms with van der Waals surface area (Å²) in [4.78, 5) is 39.8. The number of hydrogen-bond donors (Lipinski definition) is 1. The van der Waals surface area contributed by atoms with Crippen LogP contribution in [0.1, 0.15) is 299 Å². The Hall–Kier alpha value is -3.18. The highest BCUT2D eigenvalue weighted by Crippen LogP contribution is 2.47.